The Bertz CT molecular complexity index is 2020. The smallest absolute Gasteiger partial charge is 0.407 e. The number of aromatic amines is 2. The molecule has 2 aliphatic rings. The molecule has 0 radical (unpaired) electrons. The highest BCUT2D eigenvalue weighted by Gasteiger charge is 2.38. The predicted octanol–water partition coefficient (Wildman–Crippen LogP) is 6.22. The van der Waals surface area contributed by atoms with Crippen LogP contribution in [0.15, 0.2) is 48.7 Å². The van der Waals surface area contributed by atoms with Crippen molar-refractivity contribution in [1.29, 1.82) is 0 Å². The van der Waals surface area contributed by atoms with Crippen LogP contribution in [0.3, 0.4) is 0 Å². The zero-order valence-corrected chi connectivity index (χ0v) is 32.6. The van der Waals surface area contributed by atoms with E-state index in [0.717, 1.165) is 77.3 Å². The van der Waals surface area contributed by atoms with E-state index in [-0.39, 0.29) is 29.7 Å². The number of H-pyrrole nitrogens is 2. The minimum Gasteiger partial charge on any atom is -0.453 e. The summed E-state index contributed by atoms with van der Waals surface area (Å²) < 4.78 is 9.46. The maximum atomic E-state index is 13.7. The molecular weight excluding hydrogens is 701 g/mol. The van der Waals surface area contributed by atoms with E-state index in [1.807, 2.05) is 51.7 Å². The van der Waals surface area contributed by atoms with Crippen molar-refractivity contribution >= 4 is 24.0 Å². The first-order valence-corrected chi connectivity index (χ1v) is 19.1. The highest BCUT2D eigenvalue weighted by Crippen LogP contribution is 2.38. The van der Waals surface area contributed by atoms with Gasteiger partial charge in [-0.1, -0.05) is 70.2 Å². The molecule has 6 rings (SSSR count). The predicted molar refractivity (Wildman–Crippen MR) is 208 cm³/mol. The summed E-state index contributed by atoms with van der Waals surface area (Å²) in [7, 11) is 2.56. The van der Waals surface area contributed by atoms with Crippen molar-refractivity contribution in [2.24, 2.45) is 11.8 Å². The standard InChI is InChI=1S/C41H52N8O6/c1-22(2)33(47-40(52)54-6)38(50)43-24(5)36-42-21-31(45-36)26-15-13-25(14-16-26)27-17-18-29-28(20-27)10-8-11-30-35(29)46-37(44-30)32-12-9-19-49(32)39(51)34(23(3)4)48-41(53)55-7/h13-18,20-24,32-34H,8-12,19H2,1-7H3,(H,42,45)(H,43,50)(H,44,46)(H,47,52)(H,48,53)/t24-,32-,33-,34-/m0/s1. The molecule has 1 fully saturated rings. The number of benzene rings is 2. The highest BCUT2D eigenvalue weighted by molar-refractivity contribution is 5.87. The molecule has 0 unspecified atom stereocenters. The fourth-order valence-electron chi connectivity index (χ4n) is 7.49. The lowest BCUT2D eigenvalue weighted by atomic mass is 9.95. The third-order valence-electron chi connectivity index (χ3n) is 10.6. The van der Waals surface area contributed by atoms with E-state index < -0.39 is 30.3 Å². The van der Waals surface area contributed by atoms with Gasteiger partial charge in [-0.15, -0.1) is 0 Å². The van der Waals surface area contributed by atoms with Crippen molar-refractivity contribution in [2.75, 3.05) is 20.8 Å². The van der Waals surface area contributed by atoms with E-state index in [9.17, 15) is 19.2 Å². The van der Waals surface area contributed by atoms with Crippen LogP contribution in [-0.2, 0) is 31.9 Å². The van der Waals surface area contributed by atoms with E-state index >= 15 is 0 Å². The van der Waals surface area contributed by atoms with Gasteiger partial charge in [0.05, 0.1) is 43.9 Å². The number of alkyl carbamates (subject to hydrolysis) is 2. The SMILES string of the molecule is COC(=O)N[C@H](C(=O)N[C@@H](C)c1ncc(-c2ccc(-c3ccc4c(c3)CCCc3[nH]c([C@@H]5CCCN5C(=O)[C@@H](NC(=O)OC)C(C)C)nc3-4)cc2)[nH]1)C(C)C. The number of carbonyl (C=O) groups is 4. The number of nitrogens with zero attached hydrogens (tertiary/aromatic N) is 3. The zero-order valence-electron chi connectivity index (χ0n) is 32.6. The van der Waals surface area contributed by atoms with Gasteiger partial charge < -0.3 is 40.3 Å². The van der Waals surface area contributed by atoms with E-state index in [1.54, 1.807) is 6.20 Å². The second-order valence-corrected chi connectivity index (χ2v) is 15.1. The molecule has 2 aromatic carbocycles. The molecule has 1 saturated heterocycles. The topological polar surface area (TPSA) is 183 Å². The molecule has 4 aromatic rings. The number of amides is 4. The molecule has 0 spiro atoms. The van der Waals surface area contributed by atoms with Gasteiger partial charge in [-0.05, 0) is 73.1 Å². The molecule has 4 atom stereocenters. The van der Waals surface area contributed by atoms with E-state index in [0.29, 0.717) is 12.4 Å². The second kappa shape index (κ2) is 16.8. The van der Waals surface area contributed by atoms with Crippen LogP contribution in [0.25, 0.3) is 33.6 Å². The molecule has 14 nitrogen and oxygen atoms in total. The quantitative estimate of drug-likeness (QED) is 0.120. The number of imidazole rings is 2. The number of fused-ring (bicyclic) bond motifs is 3. The van der Waals surface area contributed by atoms with Gasteiger partial charge in [0.15, 0.2) is 0 Å². The Morgan fingerprint density at radius 1 is 0.800 bits per heavy atom. The largest absolute Gasteiger partial charge is 0.453 e. The van der Waals surface area contributed by atoms with Crippen LogP contribution in [0.2, 0.25) is 0 Å². The molecule has 1 aliphatic heterocycles. The van der Waals surface area contributed by atoms with E-state index in [1.165, 1.54) is 19.8 Å². The van der Waals surface area contributed by atoms with Gasteiger partial charge in [-0.3, -0.25) is 9.59 Å². The van der Waals surface area contributed by atoms with Crippen LogP contribution in [-0.4, -0.2) is 81.7 Å². The second-order valence-electron chi connectivity index (χ2n) is 15.1. The Balaban J connectivity index is 1.16. The average Bonchev–Trinajstić information content (AvgIpc) is 3.94. The average molecular weight is 753 g/mol. The molecular formula is C41H52N8O6. The number of aromatic nitrogens is 4. The monoisotopic (exact) mass is 752 g/mol. The van der Waals surface area contributed by atoms with Gasteiger partial charge in [0.1, 0.15) is 23.7 Å². The molecule has 1 aliphatic carbocycles. The summed E-state index contributed by atoms with van der Waals surface area (Å²) in [6, 6.07) is 12.8. The minimum atomic E-state index is -0.745. The normalized spacial score (nSPS) is 16.7. The summed E-state index contributed by atoms with van der Waals surface area (Å²) in [5.74, 6) is 0.707. The number of ether oxygens (including phenoxy) is 2. The van der Waals surface area contributed by atoms with Crippen LogP contribution < -0.4 is 16.0 Å². The molecule has 14 heteroatoms. The summed E-state index contributed by atoms with van der Waals surface area (Å²) in [4.78, 5) is 68.9. The number of rotatable bonds is 11. The Hall–Kier alpha value is -5.66. The Labute approximate surface area is 321 Å². The van der Waals surface area contributed by atoms with Gasteiger partial charge >= 0.3 is 12.2 Å². The number of carbonyl (C=O) groups excluding carboxylic acids is 4. The van der Waals surface area contributed by atoms with Gasteiger partial charge in [-0.25, -0.2) is 19.6 Å². The molecule has 2 aromatic heterocycles. The van der Waals surface area contributed by atoms with Crippen molar-refractivity contribution in [3.05, 3.63) is 71.6 Å². The molecule has 5 N–H and O–H groups in total. The fourth-order valence-corrected chi connectivity index (χ4v) is 7.49. The minimum absolute atomic E-state index is 0.102. The van der Waals surface area contributed by atoms with Gasteiger partial charge in [0, 0.05) is 17.8 Å². The molecule has 4 amide bonds. The first-order chi connectivity index (χ1) is 26.4. The maximum Gasteiger partial charge on any atom is 0.407 e. The molecule has 292 valence electrons. The fraction of sp³-hybridized carbons (Fsp3) is 0.463. The molecule has 0 bridgehead atoms. The summed E-state index contributed by atoms with van der Waals surface area (Å²) in [6.45, 7) is 9.98. The highest BCUT2D eigenvalue weighted by atomic mass is 16.5. The lowest BCUT2D eigenvalue weighted by molar-refractivity contribution is -0.135. The third-order valence-corrected chi connectivity index (χ3v) is 10.6. The van der Waals surface area contributed by atoms with Crippen LogP contribution >= 0.6 is 0 Å². The molecule has 0 saturated carbocycles. The molecule has 3 heterocycles. The van der Waals surface area contributed by atoms with Crippen molar-refractivity contribution in [1.82, 2.24) is 40.8 Å². The van der Waals surface area contributed by atoms with Crippen LogP contribution in [0.5, 0.6) is 0 Å². The van der Waals surface area contributed by atoms with Gasteiger partial charge in [0.25, 0.3) is 0 Å². The van der Waals surface area contributed by atoms with Crippen LogP contribution in [0, 0.1) is 11.8 Å². The number of nitrogens with one attached hydrogen (secondary N) is 5. The van der Waals surface area contributed by atoms with E-state index in [2.05, 4.69) is 66.0 Å². The first-order valence-electron chi connectivity index (χ1n) is 19.1. The number of likely N-dealkylation sites (tertiary alicyclic amines) is 1. The number of methoxy groups -OCH3 is 2. The summed E-state index contributed by atoms with van der Waals surface area (Å²) in [5, 5.41) is 8.25. The van der Waals surface area contributed by atoms with Crippen molar-refractivity contribution in [3.8, 4) is 33.6 Å². The summed E-state index contributed by atoms with van der Waals surface area (Å²) in [6.07, 6.45) is 4.88. The number of hydrogen-bond donors (Lipinski definition) is 5. The van der Waals surface area contributed by atoms with Crippen LogP contribution in [0.1, 0.15) is 88.9 Å². The lowest BCUT2D eigenvalue weighted by Gasteiger charge is -2.30. The van der Waals surface area contributed by atoms with Gasteiger partial charge in [-0.2, -0.15) is 0 Å². The zero-order chi connectivity index (χ0) is 39.4. The van der Waals surface area contributed by atoms with E-state index in [4.69, 9.17) is 9.72 Å². The van der Waals surface area contributed by atoms with Gasteiger partial charge in [0.2, 0.25) is 11.8 Å². The Morgan fingerprint density at radius 3 is 2.13 bits per heavy atom. The Kier molecular flexibility index (Phi) is 11.9. The maximum absolute atomic E-state index is 13.7. The van der Waals surface area contributed by atoms with Crippen molar-refractivity contribution < 1.29 is 28.7 Å². The van der Waals surface area contributed by atoms with Crippen LogP contribution in [0.4, 0.5) is 9.59 Å². The molecule has 55 heavy (non-hydrogen) atoms. The summed E-state index contributed by atoms with van der Waals surface area (Å²) in [5.41, 5.74) is 8.33. The summed E-state index contributed by atoms with van der Waals surface area (Å²) >= 11 is 0. The lowest BCUT2D eigenvalue weighted by Crippen LogP contribution is -2.51. The number of aryl methyl sites for hydroxylation is 2. The number of hydrogen-bond acceptors (Lipinski definition) is 8. The van der Waals surface area contributed by atoms with Crippen molar-refractivity contribution in [3.63, 3.8) is 0 Å². The first kappa shape index (κ1) is 39.0. The van der Waals surface area contributed by atoms with Crippen molar-refractivity contribution in [2.45, 2.75) is 90.9 Å². The third kappa shape index (κ3) is 8.53. The Morgan fingerprint density at radius 2 is 1.45 bits per heavy atom.